The topological polar surface area (TPSA) is 71.1 Å². The number of esters is 2. The Morgan fingerprint density at radius 3 is 1.96 bits per heavy atom. The Morgan fingerprint density at radius 2 is 1.44 bits per heavy atom. The number of rotatable bonds is 12. The molecule has 0 aliphatic rings. The minimum atomic E-state index is -4.61. The molecule has 6 nitrogen and oxygen atoms in total. The zero-order chi connectivity index (χ0) is 21.1. The number of ether oxygens (including phenoxy) is 3. The molecule has 11 heteroatoms. The van der Waals surface area contributed by atoms with Crippen LogP contribution in [-0.2, 0) is 27.9 Å². The second-order valence-electron chi connectivity index (χ2n) is 7.41. The summed E-state index contributed by atoms with van der Waals surface area (Å²) >= 11 is 0. The summed E-state index contributed by atoms with van der Waals surface area (Å²) in [6.45, 7) is 9.83. The van der Waals surface area contributed by atoms with E-state index in [0.717, 1.165) is 12.5 Å². The Hall–Kier alpha value is -1.18. The van der Waals surface area contributed by atoms with E-state index < -0.39 is 41.4 Å². The molecule has 0 heterocycles. The van der Waals surface area contributed by atoms with Crippen LogP contribution < -0.4 is 0 Å². The lowest BCUT2D eigenvalue weighted by Gasteiger charge is -2.31. The molecule has 158 valence electrons. The van der Waals surface area contributed by atoms with Gasteiger partial charge < -0.3 is 18.3 Å². The quantitative estimate of drug-likeness (QED) is 0.204. The molecule has 0 rings (SSSR count). The van der Waals surface area contributed by atoms with E-state index in [1.54, 1.807) is 0 Å². The number of hydrogen-bond acceptors (Lipinski definition) is 6. The molecule has 0 unspecified atom stereocenters. The summed E-state index contributed by atoms with van der Waals surface area (Å²) in [5, 5.41) is 0. The summed E-state index contributed by atoms with van der Waals surface area (Å²) in [6.07, 6.45) is -2.47. The maximum Gasteiger partial charge on any atom is 0.422 e. The number of alkyl halides is 3. The molecule has 0 saturated heterocycles. The minimum absolute atomic E-state index is 0.0208. The predicted octanol–water partition coefficient (Wildman–Crippen LogP) is 3.65. The van der Waals surface area contributed by atoms with Crippen LogP contribution in [0.15, 0.2) is 12.2 Å². The van der Waals surface area contributed by atoms with Crippen LogP contribution in [0.2, 0.25) is 38.8 Å². The standard InChI is InChI=1S/C16H29F3O6Si2/c1-26(2,3)25-27(4,5)12-6-9-22-10-11-23-14(20)7-8-15(21)24-13-16(17,18)19/h7-8H,6,9-13H2,1-5H3/b8-7+. The Kier molecular flexibility index (Phi) is 11.1. The van der Waals surface area contributed by atoms with Gasteiger partial charge in [-0.2, -0.15) is 13.2 Å². The van der Waals surface area contributed by atoms with Crippen molar-refractivity contribution in [1.29, 1.82) is 0 Å². The highest BCUT2D eigenvalue weighted by molar-refractivity contribution is 6.84. The SMILES string of the molecule is C[Si](C)(C)O[Si](C)(C)CCCOCCOC(=O)/C=C/C(=O)OCC(F)(F)F. The van der Waals surface area contributed by atoms with Crippen molar-refractivity contribution in [1.82, 2.24) is 0 Å². The fourth-order valence-electron chi connectivity index (χ4n) is 2.17. The monoisotopic (exact) mass is 430 g/mol. The first-order valence-electron chi connectivity index (χ1n) is 8.56. The Labute approximate surface area is 160 Å². The van der Waals surface area contributed by atoms with Gasteiger partial charge in [-0.15, -0.1) is 0 Å². The molecule has 0 atom stereocenters. The van der Waals surface area contributed by atoms with Gasteiger partial charge in [0, 0.05) is 18.8 Å². The molecule has 27 heavy (non-hydrogen) atoms. The van der Waals surface area contributed by atoms with Crippen LogP contribution >= 0.6 is 0 Å². The van der Waals surface area contributed by atoms with Gasteiger partial charge in [0.2, 0.25) is 0 Å². The van der Waals surface area contributed by atoms with Crippen molar-refractivity contribution in [3.8, 4) is 0 Å². The zero-order valence-corrected chi connectivity index (χ0v) is 18.5. The Bertz CT molecular complexity index is 501. The molecule has 0 saturated carbocycles. The number of carbonyl (C=O) groups is 2. The van der Waals surface area contributed by atoms with Crippen molar-refractivity contribution >= 4 is 28.6 Å². The van der Waals surface area contributed by atoms with Crippen molar-refractivity contribution in [2.75, 3.05) is 26.4 Å². The van der Waals surface area contributed by atoms with Crippen LogP contribution in [0.1, 0.15) is 6.42 Å². The average molecular weight is 431 g/mol. The number of carbonyl (C=O) groups excluding carboxylic acids is 2. The number of halogens is 3. The summed E-state index contributed by atoms with van der Waals surface area (Å²) < 4.78 is 55.7. The van der Waals surface area contributed by atoms with E-state index in [2.05, 4.69) is 37.5 Å². The fourth-order valence-corrected chi connectivity index (χ4v) is 10.2. The molecule has 0 bridgehead atoms. The summed E-state index contributed by atoms with van der Waals surface area (Å²) in [7, 11) is -3.24. The van der Waals surface area contributed by atoms with Crippen LogP contribution in [-0.4, -0.2) is 61.2 Å². The van der Waals surface area contributed by atoms with Gasteiger partial charge in [-0.3, -0.25) is 0 Å². The normalized spacial score (nSPS) is 13.0. The molecule has 0 amide bonds. The van der Waals surface area contributed by atoms with Gasteiger partial charge in [0.15, 0.2) is 23.2 Å². The second kappa shape index (κ2) is 11.6. The van der Waals surface area contributed by atoms with Crippen LogP contribution in [0.3, 0.4) is 0 Å². The molecular weight excluding hydrogens is 401 g/mol. The first-order chi connectivity index (χ1) is 12.2. The average Bonchev–Trinajstić information content (AvgIpc) is 2.46. The first kappa shape index (κ1) is 25.8. The largest absolute Gasteiger partial charge is 0.460 e. The molecule has 0 aliphatic heterocycles. The van der Waals surface area contributed by atoms with Gasteiger partial charge in [-0.05, 0) is 45.2 Å². The molecule has 0 fully saturated rings. The van der Waals surface area contributed by atoms with E-state index >= 15 is 0 Å². The minimum Gasteiger partial charge on any atom is -0.460 e. The van der Waals surface area contributed by atoms with Crippen LogP contribution in [0.25, 0.3) is 0 Å². The molecule has 0 radical (unpaired) electrons. The van der Waals surface area contributed by atoms with Crippen molar-refractivity contribution in [3.63, 3.8) is 0 Å². The van der Waals surface area contributed by atoms with Crippen molar-refractivity contribution in [2.45, 2.75) is 51.4 Å². The molecule has 0 spiro atoms. The molecule has 0 N–H and O–H groups in total. The van der Waals surface area contributed by atoms with E-state index in [4.69, 9.17) is 13.6 Å². The highest BCUT2D eigenvalue weighted by Crippen LogP contribution is 2.19. The molecule has 0 aromatic heterocycles. The zero-order valence-electron chi connectivity index (χ0n) is 16.5. The van der Waals surface area contributed by atoms with Gasteiger partial charge in [0.05, 0.1) is 6.61 Å². The second-order valence-corrected chi connectivity index (χ2v) is 16.5. The molecule has 0 aromatic rings. The molecule has 0 aliphatic carbocycles. The van der Waals surface area contributed by atoms with Crippen molar-refractivity contribution in [3.05, 3.63) is 12.2 Å². The third kappa shape index (κ3) is 18.0. The first-order valence-corrected chi connectivity index (χ1v) is 15.1. The summed E-state index contributed by atoms with van der Waals surface area (Å²) in [5.74, 6) is -2.13. The van der Waals surface area contributed by atoms with Gasteiger partial charge >= 0.3 is 18.1 Å². The van der Waals surface area contributed by atoms with Gasteiger partial charge in [0.25, 0.3) is 0 Å². The molecular formula is C16H29F3O6Si2. The van der Waals surface area contributed by atoms with E-state index in [1.807, 2.05) is 0 Å². The van der Waals surface area contributed by atoms with E-state index in [0.29, 0.717) is 18.8 Å². The van der Waals surface area contributed by atoms with E-state index in [-0.39, 0.29) is 13.2 Å². The molecule has 0 aromatic carbocycles. The third-order valence-electron chi connectivity index (χ3n) is 2.86. The Morgan fingerprint density at radius 1 is 0.889 bits per heavy atom. The van der Waals surface area contributed by atoms with Crippen LogP contribution in [0, 0.1) is 0 Å². The van der Waals surface area contributed by atoms with E-state index in [9.17, 15) is 22.8 Å². The van der Waals surface area contributed by atoms with Crippen molar-refractivity contribution in [2.24, 2.45) is 0 Å². The highest BCUT2D eigenvalue weighted by atomic mass is 28.4. The summed E-state index contributed by atoms with van der Waals surface area (Å²) in [4.78, 5) is 22.3. The fraction of sp³-hybridized carbons (Fsp3) is 0.750. The maximum absolute atomic E-state index is 11.8. The van der Waals surface area contributed by atoms with Gasteiger partial charge in [-0.1, -0.05) is 0 Å². The van der Waals surface area contributed by atoms with Crippen molar-refractivity contribution < 1.29 is 41.1 Å². The summed E-state index contributed by atoms with van der Waals surface area (Å²) in [6, 6.07) is 0.972. The van der Waals surface area contributed by atoms with Gasteiger partial charge in [-0.25, -0.2) is 9.59 Å². The van der Waals surface area contributed by atoms with Crippen LogP contribution in [0.4, 0.5) is 13.2 Å². The van der Waals surface area contributed by atoms with Gasteiger partial charge in [0.1, 0.15) is 6.61 Å². The maximum atomic E-state index is 11.8. The predicted molar refractivity (Wildman–Crippen MR) is 99.3 cm³/mol. The smallest absolute Gasteiger partial charge is 0.422 e. The number of hydrogen-bond donors (Lipinski definition) is 0. The lowest BCUT2D eigenvalue weighted by Crippen LogP contribution is -2.42. The lowest BCUT2D eigenvalue weighted by atomic mass is 10.5. The lowest BCUT2D eigenvalue weighted by molar-refractivity contribution is -0.182. The van der Waals surface area contributed by atoms with E-state index in [1.165, 1.54) is 0 Å². The Balaban J connectivity index is 3.80. The summed E-state index contributed by atoms with van der Waals surface area (Å²) in [5.41, 5.74) is 0. The third-order valence-corrected chi connectivity index (χ3v) is 9.07. The van der Waals surface area contributed by atoms with Crippen LogP contribution in [0.5, 0.6) is 0 Å². The highest BCUT2D eigenvalue weighted by Gasteiger charge is 2.29.